The number of hydrogen-bond donors (Lipinski definition) is 1. The molecule has 1 N–H and O–H groups in total. The summed E-state index contributed by atoms with van der Waals surface area (Å²) in [6.07, 6.45) is 1.57. The number of halogens is 1. The highest BCUT2D eigenvalue weighted by Gasteiger charge is 2.36. The third-order valence-electron chi connectivity index (χ3n) is 5.50. The van der Waals surface area contributed by atoms with Gasteiger partial charge in [-0.1, -0.05) is 11.6 Å². The summed E-state index contributed by atoms with van der Waals surface area (Å²) >= 11 is 5.88. The second-order valence-corrected chi connectivity index (χ2v) is 8.16. The molecule has 0 spiro atoms. The molecule has 4 rings (SSSR count). The van der Waals surface area contributed by atoms with Crippen molar-refractivity contribution >= 4 is 34.8 Å². The van der Waals surface area contributed by atoms with Crippen LogP contribution < -0.4 is 29.2 Å². The van der Waals surface area contributed by atoms with E-state index in [2.05, 4.69) is 10.3 Å². The van der Waals surface area contributed by atoms with E-state index in [0.717, 1.165) is 0 Å². The molecule has 3 aromatic rings. The van der Waals surface area contributed by atoms with E-state index in [1.165, 1.54) is 32.4 Å². The number of anilines is 2. The topological polar surface area (TPSA) is 99.2 Å². The Morgan fingerprint density at radius 3 is 2.29 bits per heavy atom. The Kier molecular flexibility index (Phi) is 7.26. The van der Waals surface area contributed by atoms with Crippen LogP contribution in [-0.2, 0) is 9.59 Å². The lowest BCUT2D eigenvalue weighted by molar-refractivity contribution is -0.122. The van der Waals surface area contributed by atoms with Crippen molar-refractivity contribution in [1.82, 2.24) is 4.98 Å². The van der Waals surface area contributed by atoms with Gasteiger partial charge in [0, 0.05) is 36.2 Å². The molecule has 1 atom stereocenters. The number of pyridine rings is 1. The third kappa shape index (κ3) is 5.41. The first-order valence-electron chi connectivity index (χ1n) is 10.7. The standard InChI is InChI=1S/C25H24ClN3O6/c1-32-20-11-18(12-21(33-2)24(20)34-3)29-14-15(10-23(29)30)25(31)28-17-6-9-22(27-13-17)35-19-7-4-16(26)5-8-19/h4-9,11-13,15H,10,14H2,1-3H3,(H,28,31). The molecule has 2 heterocycles. The number of carbonyl (C=O) groups excluding carboxylic acids is 2. The Balaban J connectivity index is 1.41. The quantitative estimate of drug-likeness (QED) is 0.487. The molecular formula is C25H24ClN3O6. The first-order valence-corrected chi connectivity index (χ1v) is 11.1. The van der Waals surface area contributed by atoms with Crippen molar-refractivity contribution in [3.8, 4) is 28.9 Å². The summed E-state index contributed by atoms with van der Waals surface area (Å²) in [5.74, 6) is 1.25. The zero-order valence-electron chi connectivity index (χ0n) is 19.4. The zero-order chi connectivity index (χ0) is 24.9. The number of ether oxygens (including phenoxy) is 4. The summed E-state index contributed by atoms with van der Waals surface area (Å²) in [6, 6.07) is 13.6. The van der Waals surface area contributed by atoms with Gasteiger partial charge in [0.15, 0.2) is 11.5 Å². The smallest absolute Gasteiger partial charge is 0.229 e. The van der Waals surface area contributed by atoms with Gasteiger partial charge in [-0.25, -0.2) is 4.98 Å². The summed E-state index contributed by atoms with van der Waals surface area (Å²) in [6.45, 7) is 0.217. The summed E-state index contributed by atoms with van der Waals surface area (Å²) < 4.78 is 21.7. The maximum absolute atomic E-state index is 12.9. The molecule has 182 valence electrons. The minimum atomic E-state index is -0.536. The highest BCUT2D eigenvalue weighted by Crippen LogP contribution is 2.42. The van der Waals surface area contributed by atoms with Crippen molar-refractivity contribution in [1.29, 1.82) is 0 Å². The van der Waals surface area contributed by atoms with Gasteiger partial charge < -0.3 is 29.2 Å². The number of benzene rings is 2. The SMILES string of the molecule is COc1cc(N2CC(C(=O)Nc3ccc(Oc4ccc(Cl)cc4)nc3)CC2=O)cc(OC)c1OC. The Morgan fingerprint density at radius 1 is 1.03 bits per heavy atom. The lowest BCUT2D eigenvalue weighted by atomic mass is 10.1. The van der Waals surface area contributed by atoms with Gasteiger partial charge in [0.05, 0.1) is 44.8 Å². The molecule has 0 aliphatic carbocycles. The summed E-state index contributed by atoms with van der Waals surface area (Å²) in [5, 5.41) is 3.42. The van der Waals surface area contributed by atoms with Gasteiger partial charge in [-0.05, 0) is 30.3 Å². The summed E-state index contributed by atoms with van der Waals surface area (Å²) in [4.78, 5) is 31.4. The minimum absolute atomic E-state index is 0.0771. The van der Waals surface area contributed by atoms with Gasteiger partial charge in [0.1, 0.15) is 5.75 Å². The van der Waals surface area contributed by atoms with Crippen LogP contribution in [0.5, 0.6) is 28.9 Å². The van der Waals surface area contributed by atoms with E-state index >= 15 is 0 Å². The average molecular weight is 498 g/mol. The Labute approximate surface area is 207 Å². The third-order valence-corrected chi connectivity index (χ3v) is 5.75. The van der Waals surface area contributed by atoms with Gasteiger partial charge >= 0.3 is 0 Å². The van der Waals surface area contributed by atoms with E-state index in [0.29, 0.717) is 45.3 Å². The average Bonchev–Trinajstić information content (AvgIpc) is 3.27. The molecule has 1 fully saturated rings. The molecule has 2 amide bonds. The van der Waals surface area contributed by atoms with Crippen molar-refractivity contribution < 1.29 is 28.5 Å². The van der Waals surface area contributed by atoms with Crippen molar-refractivity contribution in [2.75, 3.05) is 38.1 Å². The van der Waals surface area contributed by atoms with E-state index in [1.54, 1.807) is 48.5 Å². The normalized spacial score (nSPS) is 15.0. The summed E-state index contributed by atoms with van der Waals surface area (Å²) in [7, 11) is 4.51. The Morgan fingerprint density at radius 2 is 1.71 bits per heavy atom. The lowest BCUT2D eigenvalue weighted by Crippen LogP contribution is -2.28. The lowest BCUT2D eigenvalue weighted by Gasteiger charge is -2.20. The molecule has 35 heavy (non-hydrogen) atoms. The number of amides is 2. The number of rotatable bonds is 8. The van der Waals surface area contributed by atoms with Crippen molar-refractivity contribution in [3.05, 3.63) is 59.8 Å². The number of aromatic nitrogens is 1. The first-order chi connectivity index (χ1) is 16.9. The van der Waals surface area contributed by atoms with Crippen molar-refractivity contribution in [3.63, 3.8) is 0 Å². The van der Waals surface area contributed by atoms with Gasteiger partial charge in [-0.15, -0.1) is 0 Å². The fourth-order valence-corrected chi connectivity index (χ4v) is 3.86. The molecule has 0 radical (unpaired) electrons. The summed E-state index contributed by atoms with van der Waals surface area (Å²) in [5.41, 5.74) is 1.06. The molecule has 9 nitrogen and oxygen atoms in total. The fraction of sp³-hybridized carbons (Fsp3) is 0.240. The molecule has 0 saturated carbocycles. The molecule has 1 saturated heterocycles. The number of methoxy groups -OCH3 is 3. The van der Waals surface area contributed by atoms with Crippen LogP contribution in [0.2, 0.25) is 5.02 Å². The van der Waals surface area contributed by atoms with E-state index in [-0.39, 0.29) is 24.8 Å². The van der Waals surface area contributed by atoms with Crippen LogP contribution in [0.4, 0.5) is 11.4 Å². The largest absolute Gasteiger partial charge is 0.493 e. The highest BCUT2D eigenvalue weighted by molar-refractivity contribution is 6.30. The highest BCUT2D eigenvalue weighted by atomic mass is 35.5. The zero-order valence-corrected chi connectivity index (χ0v) is 20.2. The predicted octanol–water partition coefficient (Wildman–Crippen LogP) is 4.54. The van der Waals surface area contributed by atoms with E-state index < -0.39 is 5.92 Å². The van der Waals surface area contributed by atoms with Crippen LogP contribution >= 0.6 is 11.6 Å². The molecule has 1 aromatic heterocycles. The predicted molar refractivity (Wildman–Crippen MR) is 131 cm³/mol. The van der Waals surface area contributed by atoms with E-state index in [4.69, 9.17) is 30.5 Å². The molecule has 0 bridgehead atoms. The van der Waals surface area contributed by atoms with Crippen LogP contribution in [0.15, 0.2) is 54.7 Å². The number of carbonyl (C=O) groups is 2. The molecule has 10 heteroatoms. The second kappa shape index (κ2) is 10.5. The van der Waals surface area contributed by atoms with Gasteiger partial charge in [0.2, 0.25) is 23.4 Å². The van der Waals surface area contributed by atoms with Gasteiger partial charge in [0.25, 0.3) is 0 Å². The maximum Gasteiger partial charge on any atom is 0.229 e. The number of nitrogens with zero attached hydrogens (tertiary/aromatic N) is 2. The molecular weight excluding hydrogens is 474 g/mol. The van der Waals surface area contributed by atoms with Crippen LogP contribution in [0.3, 0.4) is 0 Å². The maximum atomic E-state index is 12.9. The molecule has 1 unspecified atom stereocenters. The Bertz CT molecular complexity index is 1190. The van der Waals surface area contributed by atoms with Crippen LogP contribution in [0.25, 0.3) is 0 Å². The van der Waals surface area contributed by atoms with Crippen LogP contribution in [0, 0.1) is 5.92 Å². The van der Waals surface area contributed by atoms with Crippen LogP contribution in [-0.4, -0.2) is 44.7 Å². The van der Waals surface area contributed by atoms with Crippen molar-refractivity contribution in [2.45, 2.75) is 6.42 Å². The second-order valence-electron chi connectivity index (χ2n) is 7.72. The molecule has 1 aliphatic heterocycles. The van der Waals surface area contributed by atoms with E-state index in [1.807, 2.05) is 0 Å². The monoisotopic (exact) mass is 497 g/mol. The van der Waals surface area contributed by atoms with Crippen molar-refractivity contribution in [2.24, 2.45) is 5.92 Å². The molecule has 2 aromatic carbocycles. The minimum Gasteiger partial charge on any atom is -0.493 e. The van der Waals surface area contributed by atoms with Gasteiger partial charge in [-0.3, -0.25) is 9.59 Å². The van der Waals surface area contributed by atoms with Crippen LogP contribution in [0.1, 0.15) is 6.42 Å². The Hall–Kier alpha value is -3.98. The van der Waals surface area contributed by atoms with E-state index in [9.17, 15) is 9.59 Å². The number of hydrogen-bond acceptors (Lipinski definition) is 7. The number of nitrogens with one attached hydrogen (secondary N) is 1. The molecule has 1 aliphatic rings. The van der Waals surface area contributed by atoms with Gasteiger partial charge in [-0.2, -0.15) is 0 Å². The first kappa shape index (κ1) is 24.2. The fourth-order valence-electron chi connectivity index (χ4n) is 3.74.